The first-order chi connectivity index (χ1) is 7.84. The Morgan fingerprint density at radius 3 is 2.29 bits per heavy atom. The van der Waals surface area contributed by atoms with Crippen LogP contribution >= 0.6 is 0 Å². The van der Waals surface area contributed by atoms with Gasteiger partial charge in [-0.2, -0.15) is 0 Å². The molecule has 1 aromatic rings. The third-order valence-corrected chi connectivity index (χ3v) is 3.37. The molecule has 0 aliphatic carbocycles. The van der Waals surface area contributed by atoms with Crippen LogP contribution in [0.1, 0.15) is 5.56 Å². The largest absolute Gasteiger partial charge is 0.331 e. The summed E-state index contributed by atoms with van der Waals surface area (Å²) in [5.41, 5.74) is 2.83. The summed E-state index contributed by atoms with van der Waals surface area (Å²) in [6, 6.07) is 5.95. The van der Waals surface area contributed by atoms with Gasteiger partial charge in [0.05, 0.1) is 4.90 Å². The molecule has 3 N–H and O–H groups in total. The number of nitrogens with zero attached hydrogens (tertiary/aromatic N) is 1. The van der Waals surface area contributed by atoms with Crippen LogP contribution in [0.25, 0.3) is 0 Å². The first-order valence-electron chi connectivity index (χ1n) is 4.85. The molecule has 1 rings (SSSR count). The van der Waals surface area contributed by atoms with Gasteiger partial charge in [-0.1, -0.05) is 12.1 Å². The Balaban J connectivity index is 2.79. The van der Waals surface area contributed by atoms with Gasteiger partial charge in [0.2, 0.25) is 0 Å². The molecule has 0 atom stereocenters. The lowest BCUT2D eigenvalue weighted by Crippen LogP contribution is -2.40. The lowest BCUT2D eigenvalue weighted by molar-refractivity contribution is 0.207. The van der Waals surface area contributed by atoms with Gasteiger partial charge in [-0.3, -0.25) is 5.43 Å². The summed E-state index contributed by atoms with van der Waals surface area (Å²) in [4.78, 5) is 12.8. The van der Waals surface area contributed by atoms with Crippen LogP contribution in [0.3, 0.4) is 0 Å². The maximum atomic E-state index is 11.2. The van der Waals surface area contributed by atoms with Crippen LogP contribution in [-0.2, 0) is 16.4 Å². The molecule has 0 aromatic heterocycles. The minimum Gasteiger partial charge on any atom is -0.322 e. The van der Waals surface area contributed by atoms with Crippen molar-refractivity contribution in [1.82, 2.24) is 10.3 Å². The Kier molecular flexibility index (Phi) is 4.08. The molecule has 0 saturated carbocycles. The van der Waals surface area contributed by atoms with Gasteiger partial charge in [-0.05, 0) is 17.7 Å². The smallest absolute Gasteiger partial charge is 0.322 e. The highest BCUT2D eigenvalue weighted by Gasteiger charge is 2.09. The molecule has 0 aliphatic heterocycles. The quantitative estimate of drug-likeness (QED) is 0.456. The molecule has 94 valence electrons. The first kappa shape index (κ1) is 13.5. The van der Waals surface area contributed by atoms with Crippen molar-refractivity contribution in [2.75, 3.05) is 13.3 Å². The number of hydrogen-bond donors (Lipinski definition) is 2. The van der Waals surface area contributed by atoms with Crippen LogP contribution in [0.15, 0.2) is 29.2 Å². The van der Waals surface area contributed by atoms with Crippen molar-refractivity contribution in [1.29, 1.82) is 0 Å². The average molecular weight is 257 g/mol. The van der Waals surface area contributed by atoms with E-state index in [0.29, 0.717) is 6.54 Å². The van der Waals surface area contributed by atoms with Gasteiger partial charge in [0.1, 0.15) is 0 Å². The Bertz CT molecular complexity index is 496. The van der Waals surface area contributed by atoms with Crippen molar-refractivity contribution >= 4 is 15.9 Å². The standard InChI is InChI=1S/C10H15N3O3S/c1-13(10(14)12-11)7-8-3-5-9(6-4-8)17(2,15)16/h3-6H,7,11H2,1-2H3,(H,12,14). The predicted octanol–water partition coefficient (Wildman–Crippen LogP) is 0.105. The fourth-order valence-corrected chi connectivity index (χ4v) is 1.93. The van der Waals surface area contributed by atoms with Crippen LogP contribution in [0.5, 0.6) is 0 Å². The van der Waals surface area contributed by atoms with E-state index in [1.165, 1.54) is 17.0 Å². The second-order valence-electron chi connectivity index (χ2n) is 3.72. The zero-order chi connectivity index (χ0) is 13.1. The monoisotopic (exact) mass is 257 g/mol. The summed E-state index contributed by atoms with van der Waals surface area (Å²) in [6.07, 6.45) is 1.15. The Labute approximate surface area is 100 Å². The number of hydrazine groups is 1. The molecular formula is C10H15N3O3S. The predicted molar refractivity (Wildman–Crippen MR) is 63.7 cm³/mol. The van der Waals surface area contributed by atoms with Crippen LogP contribution in [0.2, 0.25) is 0 Å². The van der Waals surface area contributed by atoms with Gasteiger partial charge in [0.25, 0.3) is 0 Å². The Hall–Kier alpha value is -1.60. The van der Waals surface area contributed by atoms with Gasteiger partial charge in [-0.15, -0.1) is 0 Å². The summed E-state index contributed by atoms with van der Waals surface area (Å²) < 4.78 is 22.5. The molecule has 7 heteroatoms. The van der Waals surface area contributed by atoms with E-state index in [-0.39, 0.29) is 4.90 Å². The van der Waals surface area contributed by atoms with Gasteiger partial charge < -0.3 is 4.90 Å². The highest BCUT2D eigenvalue weighted by Crippen LogP contribution is 2.11. The second-order valence-corrected chi connectivity index (χ2v) is 5.74. The lowest BCUT2D eigenvalue weighted by Gasteiger charge is -2.16. The maximum Gasteiger partial charge on any atom is 0.331 e. The van der Waals surface area contributed by atoms with Crippen molar-refractivity contribution in [3.63, 3.8) is 0 Å². The highest BCUT2D eigenvalue weighted by atomic mass is 32.2. The van der Waals surface area contributed by atoms with Crippen LogP contribution in [0.4, 0.5) is 4.79 Å². The van der Waals surface area contributed by atoms with Crippen molar-refractivity contribution in [2.45, 2.75) is 11.4 Å². The number of rotatable bonds is 3. The van der Waals surface area contributed by atoms with Crippen LogP contribution in [-0.4, -0.2) is 32.7 Å². The van der Waals surface area contributed by atoms with Crippen LogP contribution in [0, 0.1) is 0 Å². The number of nitrogens with two attached hydrogens (primary N) is 1. The number of sulfone groups is 1. The summed E-state index contributed by atoms with van der Waals surface area (Å²) >= 11 is 0. The molecule has 0 radical (unpaired) electrons. The molecule has 17 heavy (non-hydrogen) atoms. The number of amides is 2. The molecule has 0 aliphatic rings. The van der Waals surface area contributed by atoms with Crippen molar-refractivity contribution < 1.29 is 13.2 Å². The summed E-state index contributed by atoms with van der Waals surface area (Å²) in [5, 5.41) is 0. The van der Waals surface area contributed by atoms with E-state index >= 15 is 0 Å². The molecule has 0 bridgehead atoms. The van der Waals surface area contributed by atoms with E-state index in [1.807, 2.05) is 5.43 Å². The molecule has 0 unspecified atom stereocenters. The zero-order valence-corrected chi connectivity index (χ0v) is 10.5. The molecule has 0 heterocycles. The molecule has 0 saturated heterocycles. The van der Waals surface area contributed by atoms with E-state index in [0.717, 1.165) is 11.8 Å². The van der Waals surface area contributed by atoms with E-state index in [2.05, 4.69) is 0 Å². The summed E-state index contributed by atoms with van der Waals surface area (Å²) in [7, 11) is -1.59. The number of hydrogen-bond acceptors (Lipinski definition) is 4. The number of carbonyl (C=O) groups excluding carboxylic acids is 1. The minimum absolute atomic E-state index is 0.257. The third-order valence-electron chi connectivity index (χ3n) is 2.24. The van der Waals surface area contributed by atoms with Gasteiger partial charge in [0, 0.05) is 19.8 Å². The molecule has 6 nitrogen and oxygen atoms in total. The zero-order valence-electron chi connectivity index (χ0n) is 9.67. The van der Waals surface area contributed by atoms with E-state index in [4.69, 9.17) is 5.84 Å². The van der Waals surface area contributed by atoms with Crippen molar-refractivity contribution in [3.8, 4) is 0 Å². The SMILES string of the molecule is CN(Cc1ccc(S(C)(=O)=O)cc1)C(=O)NN. The molecule has 1 aromatic carbocycles. The van der Waals surface area contributed by atoms with Gasteiger partial charge >= 0.3 is 6.03 Å². The molecular weight excluding hydrogens is 242 g/mol. The number of benzene rings is 1. The molecule has 2 amide bonds. The summed E-state index contributed by atoms with van der Waals surface area (Å²) in [6.45, 7) is 0.354. The number of urea groups is 1. The third kappa shape index (κ3) is 3.72. The lowest BCUT2D eigenvalue weighted by atomic mass is 10.2. The van der Waals surface area contributed by atoms with E-state index in [9.17, 15) is 13.2 Å². The fraction of sp³-hybridized carbons (Fsp3) is 0.300. The van der Waals surface area contributed by atoms with E-state index in [1.54, 1.807) is 19.2 Å². The highest BCUT2D eigenvalue weighted by molar-refractivity contribution is 7.90. The summed E-state index contributed by atoms with van der Waals surface area (Å²) in [5.74, 6) is 4.99. The normalized spacial score (nSPS) is 11.0. The van der Waals surface area contributed by atoms with Crippen molar-refractivity contribution in [2.24, 2.45) is 5.84 Å². The number of nitrogens with one attached hydrogen (secondary N) is 1. The molecule has 0 fully saturated rings. The Morgan fingerprint density at radius 1 is 1.35 bits per heavy atom. The van der Waals surface area contributed by atoms with Crippen LogP contribution < -0.4 is 11.3 Å². The molecule has 0 spiro atoms. The van der Waals surface area contributed by atoms with E-state index < -0.39 is 15.9 Å². The average Bonchev–Trinajstić information content (AvgIpc) is 2.27. The van der Waals surface area contributed by atoms with Crippen molar-refractivity contribution in [3.05, 3.63) is 29.8 Å². The first-order valence-corrected chi connectivity index (χ1v) is 6.74. The topological polar surface area (TPSA) is 92.5 Å². The second kappa shape index (κ2) is 5.15. The maximum absolute atomic E-state index is 11.2. The minimum atomic E-state index is -3.18. The Morgan fingerprint density at radius 2 is 1.88 bits per heavy atom. The number of carbonyl (C=O) groups is 1. The van der Waals surface area contributed by atoms with Gasteiger partial charge in [0.15, 0.2) is 9.84 Å². The fourth-order valence-electron chi connectivity index (χ4n) is 1.30. The van der Waals surface area contributed by atoms with Gasteiger partial charge in [-0.25, -0.2) is 19.1 Å².